The Labute approximate surface area is 124 Å². The number of phenols is 1. The van der Waals surface area contributed by atoms with Gasteiger partial charge in [0, 0.05) is 26.7 Å². The molecule has 1 saturated heterocycles. The van der Waals surface area contributed by atoms with Gasteiger partial charge in [0.1, 0.15) is 0 Å². The number of aromatic hydroxyl groups is 1. The first kappa shape index (κ1) is 14.2. The molecule has 0 amide bonds. The van der Waals surface area contributed by atoms with E-state index in [1.165, 1.54) is 37.8 Å². The topological polar surface area (TPSA) is 47.9 Å². The van der Waals surface area contributed by atoms with E-state index in [2.05, 4.69) is 15.2 Å². The van der Waals surface area contributed by atoms with Gasteiger partial charge in [-0.15, -0.1) is 0 Å². The van der Waals surface area contributed by atoms with Crippen LogP contribution in [0.25, 0.3) is 0 Å². The molecule has 2 aliphatic rings. The van der Waals surface area contributed by atoms with E-state index in [1.54, 1.807) is 13.1 Å². The molecule has 2 fully saturated rings. The molecule has 0 radical (unpaired) electrons. The number of aliphatic imine (C=N–C) groups is 1. The second kappa shape index (κ2) is 5.54. The molecule has 0 atom stereocenters. The molecule has 1 saturated carbocycles. The van der Waals surface area contributed by atoms with E-state index in [0.29, 0.717) is 12.0 Å². The Morgan fingerprint density at radius 3 is 2.81 bits per heavy atom. The quantitative estimate of drug-likeness (QED) is 0.650. The largest absolute Gasteiger partial charge is 0.505 e. The van der Waals surface area contributed by atoms with E-state index in [1.807, 2.05) is 0 Å². The SMILES string of the molecule is CN=C(NCc1ccc(O)c(F)c1)N1CCC2(CCC2)C1. The predicted molar refractivity (Wildman–Crippen MR) is 80.7 cm³/mol. The highest BCUT2D eigenvalue weighted by Gasteiger charge is 2.43. The molecule has 1 aromatic rings. The summed E-state index contributed by atoms with van der Waals surface area (Å²) in [7, 11) is 1.78. The van der Waals surface area contributed by atoms with Crippen LogP contribution in [0.15, 0.2) is 23.2 Å². The number of rotatable bonds is 2. The highest BCUT2D eigenvalue weighted by molar-refractivity contribution is 5.80. The summed E-state index contributed by atoms with van der Waals surface area (Å²) in [5, 5.41) is 12.5. The Balaban J connectivity index is 1.59. The minimum atomic E-state index is -0.584. The third-order valence-corrected chi connectivity index (χ3v) is 4.83. The van der Waals surface area contributed by atoms with Gasteiger partial charge in [0.2, 0.25) is 0 Å². The molecule has 2 N–H and O–H groups in total. The third-order valence-electron chi connectivity index (χ3n) is 4.83. The lowest BCUT2D eigenvalue weighted by Gasteiger charge is -2.38. The lowest BCUT2D eigenvalue weighted by atomic mass is 9.68. The Kier molecular flexibility index (Phi) is 3.74. The van der Waals surface area contributed by atoms with E-state index < -0.39 is 5.82 Å². The molecule has 114 valence electrons. The van der Waals surface area contributed by atoms with Gasteiger partial charge in [-0.2, -0.15) is 0 Å². The molecule has 1 heterocycles. The van der Waals surface area contributed by atoms with Crippen molar-refractivity contribution >= 4 is 5.96 Å². The first-order valence-electron chi connectivity index (χ1n) is 7.55. The van der Waals surface area contributed by atoms with Gasteiger partial charge < -0.3 is 15.3 Å². The van der Waals surface area contributed by atoms with Crippen molar-refractivity contribution in [2.45, 2.75) is 32.2 Å². The first-order chi connectivity index (χ1) is 10.1. The zero-order chi connectivity index (χ0) is 14.9. The van der Waals surface area contributed by atoms with Crippen molar-refractivity contribution in [3.05, 3.63) is 29.6 Å². The summed E-state index contributed by atoms with van der Waals surface area (Å²) in [5.41, 5.74) is 1.33. The number of benzene rings is 1. The van der Waals surface area contributed by atoms with Crippen molar-refractivity contribution in [1.29, 1.82) is 0 Å². The van der Waals surface area contributed by atoms with Gasteiger partial charge in [-0.3, -0.25) is 4.99 Å². The van der Waals surface area contributed by atoms with Crippen LogP contribution in [0.2, 0.25) is 0 Å². The molecule has 4 nitrogen and oxygen atoms in total. The predicted octanol–water partition coefficient (Wildman–Crippen LogP) is 2.48. The van der Waals surface area contributed by atoms with E-state index >= 15 is 0 Å². The summed E-state index contributed by atoms with van der Waals surface area (Å²) in [5.74, 6) is -0.0132. The lowest BCUT2D eigenvalue weighted by Crippen LogP contribution is -2.42. The van der Waals surface area contributed by atoms with Crippen molar-refractivity contribution < 1.29 is 9.50 Å². The Hall–Kier alpha value is -1.78. The molecule has 0 bridgehead atoms. The maximum Gasteiger partial charge on any atom is 0.193 e. The zero-order valence-corrected chi connectivity index (χ0v) is 12.4. The molecular formula is C16H22FN3O. The molecule has 0 aromatic heterocycles. The fourth-order valence-electron chi connectivity index (χ4n) is 3.37. The molecule has 0 unspecified atom stereocenters. The fourth-order valence-corrected chi connectivity index (χ4v) is 3.37. The van der Waals surface area contributed by atoms with Gasteiger partial charge in [-0.25, -0.2) is 4.39 Å². The number of likely N-dealkylation sites (tertiary alicyclic amines) is 1. The second-order valence-electron chi connectivity index (χ2n) is 6.21. The van der Waals surface area contributed by atoms with E-state index in [0.717, 1.165) is 24.6 Å². The second-order valence-corrected chi connectivity index (χ2v) is 6.21. The van der Waals surface area contributed by atoms with Crippen LogP contribution < -0.4 is 5.32 Å². The van der Waals surface area contributed by atoms with Crippen LogP contribution >= 0.6 is 0 Å². The van der Waals surface area contributed by atoms with Gasteiger partial charge in [-0.1, -0.05) is 12.5 Å². The lowest BCUT2D eigenvalue weighted by molar-refractivity contribution is 0.151. The molecular weight excluding hydrogens is 269 g/mol. The Bertz CT molecular complexity index is 554. The number of guanidine groups is 1. The Morgan fingerprint density at radius 1 is 1.43 bits per heavy atom. The average Bonchev–Trinajstić information content (AvgIpc) is 2.89. The number of nitrogens with one attached hydrogen (secondary N) is 1. The number of hydrogen-bond donors (Lipinski definition) is 2. The standard InChI is InChI=1S/C16H22FN3O/c1-18-15(20-8-7-16(11-20)5-2-6-16)19-10-12-3-4-14(21)13(17)9-12/h3-4,9,21H,2,5-8,10-11H2,1H3,(H,18,19). The maximum absolute atomic E-state index is 13.3. The molecule has 5 heteroatoms. The van der Waals surface area contributed by atoms with Crippen LogP contribution in [0.4, 0.5) is 4.39 Å². The molecule has 1 spiro atoms. The summed E-state index contributed by atoms with van der Waals surface area (Å²) in [4.78, 5) is 6.64. The summed E-state index contributed by atoms with van der Waals surface area (Å²) in [6.45, 7) is 2.63. The van der Waals surface area contributed by atoms with Crippen molar-refractivity contribution in [2.75, 3.05) is 20.1 Å². The fraction of sp³-hybridized carbons (Fsp3) is 0.562. The Morgan fingerprint density at radius 2 is 2.24 bits per heavy atom. The van der Waals surface area contributed by atoms with Crippen LogP contribution in [-0.4, -0.2) is 36.1 Å². The zero-order valence-electron chi connectivity index (χ0n) is 12.4. The van der Waals surface area contributed by atoms with Gasteiger partial charge in [0.25, 0.3) is 0 Å². The van der Waals surface area contributed by atoms with E-state index in [9.17, 15) is 9.50 Å². The van der Waals surface area contributed by atoms with Crippen LogP contribution in [-0.2, 0) is 6.54 Å². The van der Waals surface area contributed by atoms with Crippen LogP contribution in [0.1, 0.15) is 31.2 Å². The van der Waals surface area contributed by atoms with E-state index in [-0.39, 0.29) is 5.75 Å². The minimum Gasteiger partial charge on any atom is -0.505 e. The van der Waals surface area contributed by atoms with Crippen molar-refractivity contribution in [3.63, 3.8) is 0 Å². The summed E-state index contributed by atoms with van der Waals surface area (Å²) in [6, 6.07) is 4.46. The number of hydrogen-bond acceptors (Lipinski definition) is 2. The van der Waals surface area contributed by atoms with Crippen molar-refractivity contribution in [3.8, 4) is 5.75 Å². The monoisotopic (exact) mass is 291 g/mol. The van der Waals surface area contributed by atoms with Gasteiger partial charge in [-0.05, 0) is 42.4 Å². The molecule has 1 aromatic carbocycles. The van der Waals surface area contributed by atoms with E-state index in [4.69, 9.17) is 0 Å². The molecule has 1 aliphatic heterocycles. The summed E-state index contributed by atoms with van der Waals surface area (Å²) >= 11 is 0. The highest BCUT2D eigenvalue weighted by Crippen LogP contribution is 2.47. The molecule has 21 heavy (non-hydrogen) atoms. The minimum absolute atomic E-state index is 0.311. The van der Waals surface area contributed by atoms with Gasteiger partial charge in [0.05, 0.1) is 0 Å². The van der Waals surface area contributed by atoms with Crippen molar-refractivity contribution in [2.24, 2.45) is 10.4 Å². The van der Waals surface area contributed by atoms with Crippen molar-refractivity contribution in [1.82, 2.24) is 10.2 Å². The maximum atomic E-state index is 13.3. The normalized spacial score (nSPS) is 20.7. The summed E-state index contributed by atoms with van der Waals surface area (Å²) < 4.78 is 13.3. The number of phenolic OH excluding ortho intramolecular Hbond substituents is 1. The molecule has 1 aliphatic carbocycles. The number of nitrogens with zero attached hydrogens (tertiary/aromatic N) is 2. The third kappa shape index (κ3) is 2.82. The summed E-state index contributed by atoms with van der Waals surface area (Å²) in [6.07, 6.45) is 5.28. The average molecular weight is 291 g/mol. The van der Waals surface area contributed by atoms with Gasteiger partial charge >= 0.3 is 0 Å². The molecule has 3 rings (SSSR count). The highest BCUT2D eigenvalue weighted by atomic mass is 19.1. The first-order valence-corrected chi connectivity index (χ1v) is 7.55. The van der Waals surface area contributed by atoms with Crippen LogP contribution in [0.5, 0.6) is 5.75 Å². The van der Waals surface area contributed by atoms with Crippen LogP contribution in [0, 0.1) is 11.2 Å². The number of halogens is 1. The smallest absolute Gasteiger partial charge is 0.193 e. The van der Waals surface area contributed by atoms with Crippen LogP contribution in [0.3, 0.4) is 0 Å². The van der Waals surface area contributed by atoms with Gasteiger partial charge in [0.15, 0.2) is 17.5 Å².